The molecule has 0 aromatic carbocycles. The number of rotatable bonds is 15. The number of hydrogen-bond acceptors (Lipinski definition) is 4. The minimum absolute atomic E-state index is 0.562. The van der Waals surface area contributed by atoms with Gasteiger partial charge in [-0.2, -0.15) is 0 Å². The molecule has 0 fully saturated rings. The summed E-state index contributed by atoms with van der Waals surface area (Å²) in [6.45, 7) is 4.42. The molecule has 0 aliphatic carbocycles. The van der Waals surface area contributed by atoms with Crippen LogP contribution in [-0.2, 0) is 0 Å². The van der Waals surface area contributed by atoms with E-state index in [9.17, 15) is 0 Å². The summed E-state index contributed by atoms with van der Waals surface area (Å²) < 4.78 is 0. The molecule has 0 aromatic heterocycles. The summed E-state index contributed by atoms with van der Waals surface area (Å²) in [6, 6.07) is 0. The van der Waals surface area contributed by atoms with Gasteiger partial charge in [-0.05, 0) is 25.7 Å². The van der Waals surface area contributed by atoms with Crippen LogP contribution >= 0.6 is 0 Å². The number of nitrogens with zero attached hydrogens (tertiary/aromatic N) is 2. The molecule has 0 aliphatic heterocycles. The smallest absolute Gasteiger partial charge is 0.104 e. The summed E-state index contributed by atoms with van der Waals surface area (Å²) in [5.41, 5.74) is 1.12. The van der Waals surface area contributed by atoms with Gasteiger partial charge >= 0.3 is 0 Å². The molecule has 0 heterocycles. The molecule has 0 unspecified atom stereocenters. The third-order valence-electron chi connectivity index (χ3n) is 4.11. The number of hydrogen-bond donors (Lipinski definition) is 2. The maximum Gasteiger partial charge on any atom is 0.104 e. The predicted molar refractivity (Wildman–Crippen MR) is 94.4 cm³/mol. The Morgan fingerprint density at radius 3 is 1.18 bits per heavy atom. The van der Waals surface area contributed by atoms with E-state index >= 15 is 0 Å². The molecule has 0 spiro atoms. The Balaban J connectivity index is 3.86. The van der Waals surface area contributed by atoms with E-state index in [0.717, 1.165) is 25.7 Å². The zero-order valence-electron chi connectivity index (χ0n) is 14.7. The Hall–Kier alpha value is -1.06. The van der Waals surface area contributed by atoms with Crippen molar-refractivity contribution >= 4 is 11.4 Å². The van der Waals surface area contributed by atoms with E-state index in [2.05, 4.69) is 24.2 Å². The molecule has 4 heteroatoms. The fourth-order valence-corrected chi connectivity index (χ4v) is 2.65. The summed E-state index contributed by atoms with van der Waals surface area (Å²) in [6.07, 6.45) is 15.8. The van der Waals surface area contributed by atoms with Crippen molar-refractivity contribution in [3.63, 3.8) is 0 Å². The van der Waals surface area contributed by atoms with Crippen LogP contribution in [0.4, 0.5) is 0 Å². The molecular weight excluding hydrogens is 276 g/mol. The molecule has 0 aromatic rings. The van der Waals surface area contributed by atoms with E-state index < -0.39 is 0 Å². The highest BCUT2D eigenvalue weighted by molar-refractivity contribution is 6.42. The summed E-state index contributed by atoms with van der Waals surface area (Å²) >= 11 is 0. The number of unbranched alkanes of at least 4 members (excludes halogenated alkanes) is 10. The van der Waals surface area contributed by atoms with Crippen molar-refractivity contribution in [1.29, 1.82) is 0 Å². The molecule has 0 radical (unpaired) electrons. The first-order valence-corrected chi connectivity index (χ1v) is 9.22. The van der Waals surface area contributed by atoms with Crippen LogP contribution in [0, 0.1) is 0 Å². The van der Waals surface area contributed by atoms with Gasteiger partial charge in [0, 0.05) is 0 Å². The molecule has 0 aliphatic rings. The molecule has 0 amide bonds. The second kappa shape index (κ2) is 16.3. The van der Waals surface area contributed by atoms with Crippen LogP contribution in [0.3, 0.4) is 0 Å². The first-order valence-electron chi connectivity index (χ1n) is 9.22. The Kier molecular flexibility index (Phi) is 15.5. The average molecular weight is 312 g/mol. The van der Waals surface area contributed by atoms with Crippen molar-refractivity contribution in [1.82, 2.24) is 0 Å². The molecule has 2 N–H and O–H groups in total. The summed E-state index contributed by atoms with van der Waals surface area (Å²) in [5, 5.41) is 25.0. The highest BCUT2D eigenvalue weighted by atomic mass is 16.4. The van der Waals surface area contributed by atoms with E-state index in [1.807, 2.05) is 0 Å². The molecule has 4 nitrogen and oxygen atoms in total. The normalized spacial score (nSPS) is 12.8. The highest BCUT2D eigenvalue weighted by Crippen LogP contribution is 2.12. The zero-order chi connectivity index (χ0) is 16.5. The monoisotopic (exact) mass is 312 g/mol. The Morgan fingerprint density at radius 2 is 0.864 bits per heavy atom. The van der Waals surface area contributed by atoms with Gasteiger partial charge in [0.05, 0.1) is 0 Å². The van der Waals surface area contributed by atoms with Crippen molar-refractivity contribution in [3.8, 4) is 0 Å². The average Bonchev–Trinajstić information content (AvgIpc) is 2.54. The maximum atomic E-state index is 9.14. The third kappa shape index (κ3) is 11.6. The van der Waals surface area contributed by atoms with E-state index in [1.165, 1.54) is 51.4 Å². The fourth-order valence-electron chi connectivity index (χ4n) is 2.65. The Bertz CT molecular complexity index is 271. The summed E-state index contributed by atoms with van der Waals surface area (Å²) in [5.74, 6) is 0. The first kappa shape index (κ1) is 20.9. The molecule has 0 bridgehead atoms. The van der Waals surface area contributed by atoms with Crippen LogP contribution < -0.4 is 0 Å². The molecular formula is C18H36N2O2. The lowest BCUT2D eigenvalue weighted by atomic mass is 10.0. The van der Waals surface area contributed by atoms with Crippen LogP contribution in [0.1, 0.15) is 104 Å². The van der Waals surface area contributed by atoms with Gasteiger partial charge in [0.2, 0.25) is 0 Å². The van der Waals surface area contributed by atoms with Crippen molar-refractivity contribution < 1.29 is 10.4 Å². The minimum Gasteiger partial charge on any atom is -0.411 e. The topological polar surface area (TPSA) is 65.2 Å². The lowest BCUT2D eigenvalue weighted by Crippen LogP contribution is -2.14. The van der Waals surface area contributed by atoms with Crippen molar-refractivity contribution in [2.24, 2.45) is 10.3 Å². The minimum atomic E-state index is 0.562. The van der Waals surface area contributed by atoms with Gasteiger partial charge < -0.3 is 10.4 Å². The highest BCUT2D eigenvalue weighted by Gasteiger charge is 2.10. The summed E-state index contributed by atoms with van der Waals surface area (Å²) in [4.78, 5) is 0. The third-order valence-corrected chi connectivity index (χ3v) is 4.11. The molecule has 0 rings (SSSR count). The first-order chi connectivity index (χ1) is 10.8. The SMILES string of the molecule is CCCCCCCCC(=NO)C(CCCCCCCC)=NO. The van der Waals surface area contributed by atoms with Gasteiger partial charge in [0.1, 0.15) is 11.4 Å². The van der Waals surface area contributed by atoms with Gasteiger partial charge in [-0.1, -0.05) is 88.4 Å². The quantitative estimate of drug-likeness (QED) is 0.165. The van der Waals surface area contributed by atoms with E-state index in [-0.39, 0.29) is 0 Å². The van der Waals surface area contributed by atoms with Crippen molar-refractivity contribution in [3.05, 3.63) is 0 Å². The van der Waals surface area contributed by atoms with E-state index in [4.69, 9.17) is 10.4 Å². The predicted octanol–water partition coefficient (Wildman–Crippen LogP) is 6.15. The van der Waals surface area contributed by atoms with E-state index in [1.54, 1.807) is 0 Å². The summed E-state index contributed by atoms with van der Waals surface area (Å²) in [7, 11) is 0. The van der Waals surface area contributed by atoms with Gasteiger partial charge in [0.15, 0.2) is 0 Å². The lowest BCUT2D eigenvalue weighted by Gasteiger charge is -2.07. The van der Waals surface area contributed by atoms with Gasteiger partial charge in [0.25, 0.3) is 0 Å². The van der Waals surface area contributed by atoms with E-state index in [0.29, 0.717) is 24.3 Å². The standard InChI is InChI=1S/C18H36N2O2/c1-3-5-7-9-11-13-15-17(19-21)18(20-22)16-14-12-10-8-6-4-2/h21-22H,3-16H2,1-2H3. The molecule has 0 saturated carbocycles. The van der Waals surface area contributed by atoms with Crippen LogP contribution in [0.2, 0.25) is 0 Å². The van der Waals surface area contributed by atoms with Gasteiger partial charge in [-0.3, -0.25) is 0 Å². The van der Waals surface area contributed by atoms with Crippen molar-refractivity contribution in [2.45, 2.75) is 104 Å². The van der Waals surface area contributed by atoms with Crippen LogP contribution in [0.15, 0.2) is 10.3 Å². The zero-order valence-corrected chi connectivity index (χ0v) is 14.7. The fraction of sp³-hybridized carbons (Fsp3) is 0.889. The Morgan fingerprint density at radius 1 is 0.545 bits per heavy atom. The van der Waals surface area contributed by atoms with Gasteiger partial charge in [-0.15, -0.1) is 0 Å². The van der Waals surface area contributed by atoms with Crippen LogP contribution in [0.5, 0.6) is 0 Å². The van der Waals surface area contributed by atoms with Crippen molar-refractivity contribution in [2.75, 3.05) is 0 Å². The Labute approximate surface area is 136 Å². The molecule has 0 saturated heterocycles. The molecule has 0 atom stereocenters. The second-order valence-electron chi connectivity index (χ2n) is 6.13. The molecule has 22 heavy (non-hydrogen) atoms. The van der Waals surface area contributed by atoms with Crippen LogP contribution in [0.25, 0.3) is 0 Å². The van der Waals surface area contributed by atoms with Gasteiger partial charge in [-0.25, -0.2) is 0 Å². The largest absolute Gasteiger partial charge is 0.411 e. The van der Waals surface area contributed by atoms with Crippen LogP contribution in [-0.4, -0.2) is 21.8 Å². The lowest BCUT2D eigenvalue weighted by molar-refractivity contribution is 0.312. The molecule has 130 valence electrons. The second-order valence-corrected chi connectivity index (χ2v) is 6.13. The number of oxime groups is 2. The maximum absolute atomic E-state index is 9.14.